The standard InChI is InChI=1S/C19H20F3N3O4/c1-13(16-3-2-4-17(9-16)25(27)28)24-18(26)23-10-14-5-7-15(8-6-14)11-29-12-19(20,21)22/h2-9,13H,10-12H2,1H3,(H2,23,24,26). The van der Waals surface area contributed by atoms with Gasteiger partial charge in [-0.15, -0.1) is 0 Å². The topological polar surface area (TPSA) is 93.5 Å². The van der Waals surface area contributed by atoms with Gasteiger partial charge in [0, 0.05) is 18.7 Å². The Hall–Kier alpha value is -3.14. The van der Waals surface area contributed by atoms with Crippen LogP contribution in [0.1, 0.15) is 29.7 Å². The molecule has 156 valence electrons. The number of halogens is 3. The summed E-state index contributed by atoms with van der Waals surface area (Å²) in [4.78, 5) is 22.4. The van der Waals surface area contributed by atoms with E-state index in [9.17, 15) is 28.1 Å². The Labute approximate surface area is 165 Å². The highest BCUT2D eigenvalue weighted by atomic mass is 19.4. The van der Waals surface area contributed by atoms with Crippen molar-refractivity contribution < 1.29 is 27.6 Å². The van der Waals surface area contributed by atoms with Crippen molar-refractivity contribution in [1.82, 2.24) is 10.6 Å². The van der Waals surface area contributed by atoms with Crippen molar-refractivity contribution >= 4 is 11.7 Å². The quantitative estimate of drug-likeness (QED) is 0.502. The van der Waals surface area contributed by atoms with Gasteiger partial charge >= 0.3 is 12.2 Å². The molecule has 10 heteroatoms. The van der Waals surface area contributed by atoms with Crippen LogP contribution in [0, 0.1) is 10.1 Å². The van der Waals surface area contributed by atoms with E-state index in [1.165, 1.54) is 12.1 Å². The maximum atomic E-state index is 12.1. The number of urea groups is 1. The van der Waals surface area contributed by atoms with Gasteiger partial charge in [-0.25, -0.2) is 4.79 Å². The molecule has 0 saturated carbocycles. The third kappa shape index (κ3) is 7.78. The molecule has 7 nitrogen and oxygen atoms in total. The zero-order chi connectivity index (χ0) is 21.4. The van der Waals surface area contributed by atoms with E-state index in [1.54, 1.807) is 43.3 Å². The normalized spacial score (nSPS) is 12.3. The Kier molecular flexibility index (Phi) is 7.54. The molecule has 2 rings (SSSR count). The number of nitrogens with one attached hydrogen (secondary N) is 2. The molecule has 2 aromatic carbocycles. The van der Waals surface area contributed by atoms with Crippen molar-refractivity contribution in [2.75, 3.05) is 6.61 Å². The van der Waals surface area contributed by atoms with Crippen molar-refractivity contribution in [2.24, 2.45) is 0 Å². The fraction of sp³-hybridized carbons (Fsp3) is 0.316. The molecule has 0 radical (unpaired) electrons. The van der Waals surface area contributed by atoms with Crippen molar-refractivity contribution in [3.05, 3.63) is 75.3 Å². The summed E-state index contributed by atoms with van der Waals surface area (Å²) in [6.45, 7) is 0.444. The summed E-state index contributed by atoms with van der Waals surface area (Å²) in [6.07, 6.45) is -4.36. The lowest BCUT2D eigenvalue weighted by Gasteiger charge is -2.15. The van der Waals surface area contributed by atoms with Crippen LogP contribution in [-0.2, 0) is 17.9 Å². The Morgan fingerprint density at radius 2 is 1.83 bits per heavy atom. The van der Waals surface area contributed by atoms with E-state index in [1.807, 2.05) is 0 Å². The Morgan fingerprint density at radius 1 is 1.17 bits per heavy atom. The average Bonchev–Trinajstić information content (AvgIpc) is 2.66. The molecule has 1 atom stereocenters. The lowest BCUT2D eigenvalue weighted by atomic mass is 10.1. The van der Waals surface area contributed by atoms with E-state index in [2.05, 4.69) is 15.4 Å². The second kappa shape index (κ2) is 9.87. The number of ether oxygens (including phenoxy) is 1. The van der Waals surface area contributed by atoms with Gasteiger partial charge in [-0.1, -0.05) is 36.4 Å². The number of nitrogens with zero attached hydrogens (tertiary/aromatic N) is 1. The summed E-state index contributed by atoms with van der Waals surface area (Å²) in [5.74, 6) is 0. The molecular formula is C19H20F3N3O4. The summed E-state index contributed by atoms with van der Waals surface area (Å²) in [5, 5.41) is 16.2. The van der Waals surface area contributed by atoms with E-state index in [0.717, 1.165) is 5.56 Å². The Morgan fingerprint density at radius 3 is 2.45 bits per heavy atom. The smallest absolute Gasteiger partial charge is 0.367 e. The van der Waals surface area contributed by atoms with E-state index >= 15 is 0 Å². The van der Waals surface area contributed by atoms with Gasteiger partial charge in [0.1, 0.15) is 6.61 Å². The lowest BCUT2D eigenvalue weighted by molar-refractivity contribution is -0.384. The first kappa shape index (κ1) is 22.2. The van der Waals surface area contributed by atoms with Crippen LogP contribution in [0.3, 0.4) is 0 Å². The molecule has 0 aromatic heterocycles. The Balaban J connectivity index is 1.80. The van der Waals surface area contributed by atoms with Crippen LogP contribution in [0.15, 0.2) is 48.5 Å². The molecule has 1 unspecified atom stereocenters. The first-order valence-corrected chi connectivity index (χ1v) is 8.65. The monoisotopic (exact) mass is 411 g/mol. The minimum atomic E-state index is -4.36. The van der Waals surface area contributed by atoms with Gasteiger partial charge in [-0.05, 0) is 23.6 Å². The number of carbonyl (C=O) groups excluding carboxylic acids is 1. The van der Waals surface area contributed by atoms with Gasteiger partial charge in [0.05, 0.1) is 17.6 Å². The molecule has 29 heavy (non-hydrogen) atoms. The van der Waals surface area contributed by atoms with Gasteiger partial charge in [0.25, 0.3) is 5.69 Å². The maximum Gasteiger partial charge on any atom is 0.411 e. The highest BCUT2D eigenvalue weighted by Crippen LogP contribution is 2.19. The first-order valence-electron chi connectivity index (χ1n) is 8.65. The molecule has 0 heterocycles. The molecule has 0 aliphatic carbocycles. The number of alkyl halides is 3. The number of benzene rings is 2. The van der Waals surface area contributed by atoms with E-state index in [4.69, 9.17) is 0 Å². The predicted molar refractivity (Wildman–Crippen MR) is 99.0 cm³/mol. The third-order valence-electron chi connectivity index (χ3n) is 3.94. The minimum absolute atomic E-state index is 0.0594. The van der Waals surface area contributed by atoms with Crippen molar-refractivity contribution in [3.63, 3.8) is 0 Å². The van der Waals surface area contributed by atoms with Crippen LogP contribution in [0.4, 0.5) is 23.7 Å². The highest BCUT2D eigenvalue weighted by Gasteiger charge is 2.27. The second-order valence-electron chi connectivity index (χ2n) is 6.33. The molecule has 0 aliphatic rings. The van der Waals surface area contributed by atoms with Crippen molar-refractivity contribution in [3.8, 4) is 0 Å². The van der Waals surface area contributed by atoms with Crippen LogP contribution in [-0.4, -0.2) is 23.7 Å². The summed E-state index contributed by atoms with van der Waals surface area (Å²) in [6, 6.07) is 11.7. The van der Waals surface area contributed by atoms with Gasteiger partial charge in [0.2, 0.25) is 0 Å². The predicted octanol–water partition coefficient (Wildman–Crippen LogP) is 4.23. The minimum Gasteiger partial charge on any atom is -0.367 e. The van der Waals surface area contributed by atoms with Crippen LogP contribution in [0.25, 0.3) is 0 Å². The highest BCUT2D eigenvalue weighted by molar-refractivity contribution is 5.74. The number of hydrogen-bond donors (Lipinski definition) is 2. The molecule has 0 bridgehead atoms. The van der Waals surface area contributed by atoms with Crippen LogP contribution in [0.2, 0.25) is 0 Å². The summed E-state index contributed by atoms with van der Waals surface area (Å²) >= 11 is 0. The zero-order valence-corrected chi connectivity index (χ0v) is 15.5. The molecule has 2 N–H and O–H groups in total. The first-order chi connectivity index (χ1) is 13.6. The van der Waals surface area contributed by atoms with E-state index in [0.29, 0.717) is 11.1 Å². The molecule has 2 amide bonds. The van der Waals surface area contributed by atoms with Gasteiger partial charge in [-0.2, -0.15) is 13.2 Å². The molecular weight excluding hydrogens is 391 g/mol. The van der Waals surface area contributed by atoms with Crippen LogP contribution < -0.4 is 10.6 Å². The molecule has 0 fully saturated rings. The number of carbonyl (C=O) groups is 1. The van der Waals surface area contributed by atoms with E-state index < -0.39 is 29.8 Å². The number of nitro groups is 1. The van der Waals surface area contributed by atoms with Gasteiger partial charge in [0.15, 0.2) is 0 Å². The number of nitro benzene ring substituents is 1. The summed E-state index contributed by atoms with van der Waals surface area (Å²) < 4.78 is 40.7. The largest absolute Gasteiger partial charge is 0.411 e. The second-order valence-corrected chi connectivity index (χ2v) is 6.33. The molecule has 0 spiro atoms. The summed E-state index contributed by atoms with van der Waals surface area (Å²) in [7, 11) is 0. The maximum absolute atomic E-state index is 12.1. The van der Waals surface area contributed by atoms with Gasteiger partial charge in [-0.3, -0.25) is 10.1 Å². The molecule has 0 aliphatic heterocycles. The number of non-ortho nitro benzene ring substituents is 1. The SMILES string of the molecule is CC(NC(=O)NCc1ccc(COCC(F)(F)F)cc1)c1cccc([N+](=O)[O-])c1. The van der Waals surface area contributed by atoms with Crippen molar-refractivity contribution in [2.45, 2.75) is 32.3 Å². The van der Waals surface area contributed by atoms with E-state index in [-0.39, 0.29) is 18.8 Å². The Bertz CT molecular complexity index is 841. The molecule has 0 saturated heterocycles. The fourth-order valence-corrected chi connectivity index (χ4v) is 2.46. The average molecular weight is 411 g/mol. The molecule has 2 aromatic rings. The van der Waals surface area contributed by atoms with Crippen LogP contribution in [0.5, 0.6) is 0 Å². The third-order valence-corrected chi connectivity index (χ3v) is 3.94. The number of hydrogen-bond acceptors (Lipinski definition) is 4. The number of rotatable bonds is 8. The van der Waals surface area contributed by atoms with Crippen molar-refractivity contribution in [1.29, 1.82) is 0 Å². The zero-order valence-electron chi connectivity index (χ0n) is 15.5. The van der Waals surface area contributed by atoms with Crippen LogP contribution >= 0.6 is 0 Å². The van der Waals surface area contributed by atoms with Gasteiger partial charge < -0.3 is 15.4 Å². The summed E-state index contributed by atoms with van der Waals surface area (Å²) in [5.41, 5.74) is 1.87. The lowest BCUT2D eigenvalue weighted by Crippen LogP contribution is -2.36. The number of amides is 2. The fourth-order valence-electron chi connectivity index (χ4n) is 2.46.